The second kappa shape index (κ2) is 8.58. The summed E-state index contributed by atoms with van der Waals surface area (Å²) in [5, 5.41) is 3.94. The molecule has 0 spiro atoms. The van der Waals surface area contributed by atoms with Crippen LogP contribution in [0.5, 0.6) is 5.75 Å². The van der Waals surface area contributed by atoms with Crippen molar-refractivity contribution in [3.8, 4) is 5.75 Å². The maximum absolute atomic E-state index is 12.2. The Labute approximate surface area is 157 Å². The van der Waals surface area contributed by atoms with E-state index in [1.165, 1.54) is 6.21 Å². The van der Waals surface area contributed by atoms with E-state index in [1.807, 2.05) is 25.1 Å². The number of carbonyl (C=O) groups excluding carboxylic acids is 2. The van der Waals surface area contributed by atoms with E-state index in [2.05, 4.69) is 10.5 Å². The van der Waals surface area contributed by atoms with Gasteiger partial charge >= 0.3 is 5.97 Å². The molecule has 0 aliphatic heterocycles. The zero-order valence-corrected chi connectivity index (χ0v) is 14.8. The van der Waals surface area contributed by atoms with Crippen LogP contribution in [0.3, 0.4) is 0 Å². The van der Waals surface area contributed by atoms with Gasteiger partial charge in [0.05, 0.1) is 11.8 Å². The van der Waals surface area contributed by atoms with Gasteiger partial charge in [-0.05, 0) is 60.5 Å². The SMILES string of the molecule is Cc1ccccc1C(=O)Oc1ccc(/C=N\NC(=O)c2ccccc2)cc1. The van der Waals surface area contributed by atoms with Gasteiger partial charge in [0.1, 0.15) is 5.75 Å². The van der Waals surface area contributed by atoms with Crippen molar-refractivity contribution in [3.63, 3.8) is 0 Å². The molecule has 0 bridgehead atoms. The molecule has 3 aromatic carbocycles. The first kappa shape index (κ1) is 18.1. The molecule has 0 heterocycles. The van der Waals surface area contributed by atoms with Crippen molar-refractivity contribution in [2.75, 3.05) is 0 Å². The molecule has 0 aliphatic carbocycles. The van der Waals surface area contributed by atoms with Crippen LogP contribution in [0.15, 0.2) is 84.0 Å². The van der Waals surface area contributed by atoms with E-state index in [0.29, 0.717) is 16.9 Å². The highest BCUT2D eigenvalue weighted by Gasteiger charge is 2.10. The lowest BCUT2D eigenvalue weighted by Crippen LogP contribution is -2.17. The van der Waals surface area contributed by atoms with Crippen LogP contribution in [0.4, 0.5) is 0 Å². The van der Waals surface area contributed by atoms with E-state index in [9.17, 15) is 9.59 Å². The minimum atomic E-state index is -0.398. The fourth-order valence-corrected chi connectivity index (χ4v) is 2.41. The van der Waals surface area contributed by atoms with Gasteiger partial charge in [-0.25, -0.2) is 10.2 Å². The van der Waals surface area contributed by atoms with Gasteiger partial charge in [0.15, 0.2) is 0 Å². The molecule has 0 radical (unpaired) electrons. The summed E-state index contributed by atoms with van der Waals surface area (Å²) >= 11 is 0. The predicted molar refractivity (Wildman–Crippen MR) is 104 cm³/mol. The van der Waals surface area contributed by atoms with Crippen LogP contribution >= 0.6 is 0 Å². The number of benzene rings is 3. The van der Waals surface area contributed by atoms with Crippen LogP contribution in [0.2, 0.25) is 0 Å². The monoisotopic (exact) mass is 358 g/mol. The van der Waals surface area contributed by atoms with E-state index in [0.717, 1.165) is 11.1 Å². The number of esters is 1. The Morgan fingerprint density at radius 3 is 2.26 bits per heavy atom. The van der Waals surface area contributed by atoms with Gasteiger partial charge in [-0.15, -0.1) is 0 Å². The summed E-state index contributed by atoms with van der Waals surface area (Å²) in [6, 6.07) is 23.0. The van der Waals surface area contributed by atoms with E-state index >= 15 is 0 Å². The molecule has 0 unspecified atom stereocenters. The van der Waals surface area contributed by atoms with Crippen molar-refractivity contribution < 1.29 is 14.3 Å². The third-order valence-corrected chi connectivity index (χ3v) is 3.87. The highest BCUT2D eigenvalue weighted by atomic mass is 16.5. The van der Waals surface area contributed by atoms with Gasteiger partial charge in [-0.2, -0.15) is 5.10 Å². The largest absolute Gasteiger partial charge is 0.423 e. The zero-order chi connectivity index (χ0) is 19.1. The number of hydrogen-bond donors (Lipinski definition) is 1. The molecule has 0 aromatic heterocycles. The Morgan fingerprint density at radius 1 is 0.889 bits per heavy atom. The third kappa shape index (κ3) is 4.89. The Kier molecular flexibility index (Phi) is 5.74. The van der Waals surface area contributed by atoms with Crippen LogP contribution in [0, 0.1) is 6.92 Å². The first-order valence-corrected chi connectivity index (χ1v) is 8.40. The molecular weight excluding hydrogens is 340 g/mol. The highest BCUT2D eigenvalue weighted by molar-refractivity contribution is 5.95. The van der Waals surface area contributed by atoms with E-state index in [-0.39, 0.29) is 5.91 Å². The van der Waals surface area contributed by atoms with Gasteiger partial charge in [0, 0.05) is 5.56 Å². The van der Waals surface area contributed by atoms with Crippen molar-refractivity contribution in [2.45, 2.75) is 6.92 Å². The first-order valence-electron chi connectivity index (χ1n) is 8.40. The minimum Gasteiger partial charge on any atom is -0.423 e. The van der Waals surface area contributed by atoms with Crippen molar-refractivity contribution in [3.05, 3.63) is 101 Å². The van der Waals surface area contributed by atoms with Crippen LogP contribution in [0.25, 0.3) is 0 Å². The van der Waals surface area contributed by atoms with E-state index < -0.39 is 5.97 Å². The molecule has 3 rings (SSSR count). The van der Waals surface area contributed by atoms with Gasteiger partial charge < -0.3 is 4.74 Å². The number of hydrazone groups is 1. The molecule has 0 atom stereocenters. The van der Waals surface area contributed by atoms with Crippen LogP contribution in [-0.4, -0.2) is 18.1 Å². The Morgan fingerprint density at radius 2 is 1.56 bits per heavy atom. The Bertz CT molecular complexity index is 964. The van der Waals surface area contributed by atoms with Crippen molar-refractivity contribution in [2.24, 2.45) is 5.10 Å². The molecule has 1 N–H and O–H groups in total. The number of rotatable bonds is 5. The predicted octanol–water partition coefficient (Wildman–Crippen LogP) is 3.98. The second-order valence-corrected chi connectivity index (χ2v) is 5.84. The Hall–Kier alpha value is -3.73. The van der Waals surface area contributed by atoms with Crippen LogP contribution in [0.1, 0.15) is 31.8 Å². The normalized spacial score (nSPS) is 10.6. The second-order valence-electron chi connectivity index (χ2n) is 5.84. The smallest absolute Gasteiger partial charge is 0.343 e. The summed E-state index contributed by atoms with van der Waals surface area (Å²) in [5.74, 6) is -0.242. The topological polar surface area (TPSA) is 67.8 Å². The minimum absolute atomic E-state index is 0.282. The molecule has 0 saturated heterocycles. The maximum Gasteiger partial charge on any atom is 0.343 e. The first-order chi connectivity index (χ1) is 13.1. The maximum atomic E-state index is 12.2. The average molecular weight is 358 g/mol. The van der Waals surface area contributed by atoms with Crippen molar-refractivity contribution in [1.82, 2.24) is 5.43 Å². The highest BCUT2D eigenvalue weighted by Crippen LogP contribution is 2.15. The van der Waals surface area contributed by atoms with Gasteiger partial charge in [0.25, 0.3) is 5.91 Å². The summed E-state index contributed by atoms with van der Waals surface area (Å²) in [7, 11) is 0. The summed E-state index contributed by atoms with van der Waals surface area (Å²) in [6.45, 7) is 1.86. The lowest BCUT2D eigenvalue weighted by molar-refractivity contribution is 0.0733. The quantitative estimate of drug-likeness (QED) is 0.325. The standard InChI is InChI=1S/C22H18N2O3/c1-16-7-5-6-10-20(16)22(26)27-19-13-11-17(12-14-19)15-23-24-21(25)18-8-3-2-4-9-18/h2-15H,1H3,(H,24,25)/b23-15-. The Balaban J connectivity index is 1.58. The van der Waals surface area contributed by atoms with Crippen LogP contribution in [-0.2, 0) is 0 Å². The fraction of sp³-hybridized carbons (Fsp3) is 0.0455. The summed E-state index contributed by atoms with van der Waals surface area (Å²) in [5.41, 5.74) is 5.16. The number of amides is 1. The lowest BCUT2D eigenvalue weighted by Gasteiger charge is -2.06. The summed E-state index contributed by atoms with van der Waals surface area (Å²) in [4.78, 5) is 24.1. The average Bonchev–Trinajstić information content (AvgIpc) is 2.70. The van der Waals surface area contributed by atoms with Gasteiger partial charge in [-0.3, -0.25) is 4.79 Å². The van der Waals surface area contributed by atoms with Crippen molar-refractivity contribution >= 4 is 18.1 Å². The van der Waals surface area contributed by atoms with E-state index in [1.54, 1.807) is 60.7 Å². The molecule has 3 aromatic rings. The molecule has 27 heavy (non-hydrogen) atoms. The lowest BCUT2D eigenvalue weighted by atomic mass is 10.1. The molecule has 5 nitrogen and oxygen atoms in total. The van der Waals surface area contributed by atoms with Crippen molar-refractivity contribution in [1.29, 1.82) is 0 Å². The van der Waals surface area contributed by atoms with Gasteiger partial charge in [0.2, 0.25) is 0 Å². The number of nitrogens with zero attached hydrogens (tertiary/aromatic N) is 1. The molecule has 5 heteroatoms. The molecule has 0 aliphatic rings. The number of ether oxygens (including phenoxy) is 1. The zero-order valence-electron chi connectivity index (χ0n) is 14.8. The third-order valence-electron chi connectivity index (χ3n) is 3.87. The fourth-order valence-electron chi connectivity index (χ4n) is 2.41. The number of hydrogen-bond acceptors (Lipinski definition) is 4. The molecule has 0 fully saturated rings. The molecule has 1 amide bonds. The summed E-state index contributed by atoms with van der Waals surface area (Å²) in [6.07, 6.45) is 1.52. The number of nitrogens with one attached hydrogen (secondary N) is 1. The molecule has 134 valence electrons. The summed E-state index contributed by atoms with van der Waals surface area (Å²) < 4.78 is 5.38. The van der Waals surface area contributed by atoms with Gasteiger partial charge in [-0.1, -0.05) is 36.4 Å². The van der Waals surface area contributed by atoms with E-state index in [4.69, 9.17) is 4.74 Å². The molecule has 0 saturated carbocycles. The molecular formula is C22H18N2O3. The number of aryl methyl sites for hydroxylation is 1. The number of carbonyl (C=O) groups is 2. The van der Waals surface area contributed by atoms with Crippen LogP contribution < -0.4 is 10.2 Å².